The molecule has 1 unspecified atom stereocenters. The van der Waals surface area contributed by atoms with Crippen molar-refractivity contribution in [2.75, 3.05) is 20.3 Å². The van der Waals surface area contributed by atoms with E-state index in [0.29, 0.717) is 12.6 Å². The third-order valence-electron chi connectivity index (χ3n) is 3.19. The van der Waals surface area contributed by atoms with Gasteiger partial charge in [0.15, 0.2) is 0 Å². The second-order valence-electron chi connectivity index (χ2n) is 4.46. The van der Waals surface area contributed by atoms with Gasteiger partial charge in [-0.05, 0) is 31.0 Å². The Hall–Kier alpha value is -0.450. The van der Waals surface area contributed by atoms with Gasteiger partial charge in [0.1, 0.15) is 5.82 Å². The molecule has 0 saturated heterocycles. The summed E-state index contributed by atoms with van der Waals surface area (Å²) in [4.78, 5) is 2.35. The lowest BCUT2D eigenvalue weighted by molar-refractivity contribution is 0.118. The van der Waals surface area contributed by atoms with Crippen LogP contribution in [0.15, 0.2) is 22.7 Å². The molecule has 0 aliphatic rings. The van der Waals surface area contributed by atoms with Crippen molar-refractivity contribution < 1.29 is 9.13 Å². The fourth-order valence-electron chi connectivity index (χ4n) is 1.79. The standard InChI is InChI=1S/C14H21BrFNO/c1-4-11(2)17(7-8-18-3)10-12-5-6-13(16)9-14(12)15/h5-6,9,11H,4,7-8,10H2,1-3H3. The van der Waals surface area contributed by atoms with Gasteiger partial charge in [0.05, 0.1) is 6.61 Å². The average molecular weight is 318 g/mol. The van der Waals surface area contributed by atoms with Gasteiger partial charge in [0.2, 0.25) is 0 Å². The Labute approximate surface area is 117 Å². The minimum absolute atomic E-state index is 0.211. The predicted molar refractivity (Wildman–Crippen MR) is 76.1 cm³/mol. The van der Waals surface area contributed by atoms with Crippen LogP contribution >= 0.6 is 15.9 Å². The maximum absolute atomic E-state index is 13.0. The van der Waals surface area contributed by atoms with E-state index in [2.05, 4.69) is 34.7 Å². The van der Waals surface area contributed by atoms with Gasteiger partial charge in [-0.1, -0.05) is 28.9 Å². The molecule has 0 fully saturated rings. The molecule has 0 heterocycles. The molecule has 0 bridgehead atoms. The molecule has 0 N–H and O–H groups in total. The van der Waals surface area contributed by atoms with Crippen molar-refractivity contribution in [3.8, 4) is 0 Å². The van der Waals surface area contributed by atoms with E-state index < -0.39 is 0 Å². The molecule has 0 spiro atoms. The van der Waals surface area contributed by atoms with Crippen molar-refractivity contribution >= 4 is 15.9 Å². The van der Waals surface area contributed by atoms with Crippen LogP contribution in [-0.4, -0.2) is 31.2 Å². The molecule has 2 nitrogen and oxygen atoms in total. The van der Waals surface area contributed by atoms with E-state index >= 15 is 0 Å². The van der Waals surface area contributed by atoms with Gasteiger partial charge in [0.25, 0.3) is 0 Å². The van der Waals surface area contributed by atoms with E-state index in [1.807, 2.05) is 6.07 Å². The summed E-state index contributed by atoms with van der Waals surface area (Å²) in [6, 6.07) is 5.34. The molecule has 4 heteroatoms. The highest BCUT2D eigenvalue weighted by Crippen LogP contribution is 2.21. The van der Waals surface area contributed by atoms with Crippen LogP contribution < -0.4 is 0 Å². The molecule has 1 aromatic rings. The first-order valence-electron chi connectivity index (χ1n) is 6.25. The molecular formula is C14H21BrFNO. The molecule has 1 aromatic carbocycles. The Balaban J connectivity index is 2.75. The Kier molecular flexibility index (Phi) is 6.82. The summed E-state index contributed by atoms with van der Waals surface area (Å²) in [5, 5.41) is 0. The lowest BCUT2D eigenvalue weighted by Crippen LogP contribution is -2.34. The highest BCUT2D eigenvalue weighted by molar-refractivity contribution is 9.10. The van der Waals surface area contributed by atoms with Gasteiger partial charge < -0.3 is 4.74 Å². The lowest BCUT2D eigenvalue weighted by Gasteiger charge is -2.28. The summed E-state index contributed by atoms with van der Waals surface area (Å²) >= 11 is 3.42. The van der Waals surface area contributed by atoms with Crippen molar-refractivity contribution in [2.45, 2.75) is 32.9 Å². The number of methoxy groups -OCH3 is 1. The van der Waals surface area contributed by atoms with E-state index in [9.17, 15) is 4.39 Å². The molecule has 1 atom stereocenters. The Morgan fingerprint density at radius 1 is 1.44 bits per heavy atom. The highest BCUT2D eigenvalue weighted by Gasteiger charge is 2.14. The van der Waals surface area contributed by atoms with Crippen molar-refractivity contribution in [2.24, 2.45) is 0 Å². The van der Waals surface area contributed by atoms with E-state index in [0.717, 1.165) is 29.5 Å². The molecule has 0 aliphatic carbocycles. The SMILES string of the molecule is CCC(C)N(CCOC)Cc1ccc(F)cc1Br. The molecule has 0 saturated carbocycles. The summed E-state index contributed by atoms with van der Waals surface area (Å²) in [5.74, 6) is -0.211. The monoisotopic (exact) mass is 317 g/mol. The molecule has 0 aromatic heterocycles. The van der Waals surface area contributed by atoms with Crippen LogP contribution in [0.1, 0.15) is 25.8 Å². The van der Waals surface area contributed by atoms with Gasteiger partial charge in [-0.25, -0.2) is 4.39 Å². The average Bonchev–Trinajstić information content (AvgIpc) is 2.36. The van der Waals surface area contributed by atoms with Gasteiger partial charge in [0, 0.05) is 30.7 Å². The fourth-order valence-corrected chi connectivity index (χ4v) is 2.27. The maximum Gasteiger partial charge on any atom is 0.124 e. The highest BCUT2D eigenvalue weighted by atomic mass is 79.9. The van der Waals surface area contributed by atoms with E-state index in [1.165, 1.54) is 12.1 Å². The molecule has 1 rings (SSSR count). The van der Waals surface area contributed by atoms with Crippen molar-refractivity contribution in [3.05, 3.63) is 34.1 Å². The summed E-state index contributed by atoms with van der Waals surface area (Å²) in [6.07, 6.45) is 1.09. The van der Waals surface area contributed by atoms with Crippen LogP contribution in [0, 0.1) is 5.82 Å². The second-order valence-corrected chi connectivity index (χ2v) is 5.31. The number of hydrogen-bond acceptors (Lipinski definition) is 2. The zero-order valence-electron chi connectivity index (χ0n) is 11.2. The van der Waals surface area contributed by atoms with Crippen LogP contribution in [0.25, 0.3) is 0 Å². The number of benzene rings is 1. The quantitative estimate of drug-likeness (QED) is 0.757. The smallest absolute Gasteiger partial charge is 0.124 e. The minimum atomic E-state index is -0.211. The zero-order chi connectivity index (χ0) is 13.5. The largest absolute Gasteiger partial charge is 0.383 e. The lowest BCUT2D eigenvalue weighted by atomic mass is 10.1. The van der Waals surface area contributed by atoms with E-state index in [-0.39, 0.29) is 5.82 Å². The molecule has 0 amide bonds. The molecule has 102 valence electrons. The summed E-state index contributed by atoms with van der Waals surface area (Å²) < 4.78 is 19.0. The van der Waals surface area contributed by atoms with Crippen LogP contribution in [-0.2, 0) is 11.3 Å². The fraction of sp³-hybridized carbons (Fsp3) is 0.571. The Morgan fingerprint density at radius 3 is 2.72 bits per heavy atom. The third kappa shape index (κ3) is 4.67. The van der Waals surface area contributed by atoms with Gasteiger partial charge in [-0.3, -0.25) is 4.90 Å². The number of halogens is 2. The summed E-state index contributed by atoms with van der Waals surface area (Å²) in [7, 11) is 1.71. The first-order chi connectivity index (χ1) is 8.58. The van der Waals surface area contributed by atoms with Crippen molar-refractivity contribution in [3.63, 3.8) is 0 Å². The van der Waals surface area contributed by atoms with Crippen LogP contribution in [0.4, 0.5) is 4.39 Å². The Bertz CT molecular complexity index is 373. The zero-order valence-corrected chi connectivity index (χ0v) is 12.8. The van der Waals surface area contributed by atoms with E-state index in [1.54, 1.807) is 7.11 Å². The number of nitrogens with zero attached hydrogens (tertiary/aromatic N) is 1. The third-order valence-corrected chi connectivity index (χ3v) is 3.92. The predicted octanol–water partition coefficient (Wildman–Crippen LogP) is 3.84. The van der Waals surface area contributed by atoms with Crippen molar-refractivity contribution in [1.29, 1.82) is 0 Å². The molecule has 0 radical (unpaired) electrons. The van der Waals surface area contributed by atoms with E-state index in [4.69, 9.17) is 4.74 Å². The van der Waals surface area contributed by atoms with Crippen LogP contribution in [0.5, 0.6) is 0 Å². The van der Waals surface area contributed by atoms with Gasteiger partial charge in [-0.15, -0.1) is 0 Å². The maximum atomic E-state index is 13.0. The van der Waals surface area contributed by atoms with Crippen LogP contribution in [0.2, 0.25) is 0 Å². The second kappa shape index (κ2) is 7.87. The first-order valence-corrected chi connectivity index (χ1v) is 7.04. The Morgan fingerprint density at radius 2 is 2.17 bits per heavy atom. The van der Waals surface area contributed by atoms with Gasteiger partial charge in [-0.2, -0.15) is 0 Å². The molecule has 0 aliphatic heterocycles. The van der Waals surface area contributed by atoms with Gasteiger partial charge >= 0.3 is 0 Å². The summed E-state index contributed by atoms with van der Waals surface area (Å²) in [6.45, 7) is 6.77. The number of rotatable bonds is 7. The van der Waals surface area contributed by atoms with Crippen LogP contribution in [0.3, 0.4) is 0 Å². The number of hydrogen-bond donors (Lipinski definition) is 0. The number of ether oxygens (including phenoxy) is 1. The molecular weight excluding hydrogens is 297 g/mol. The first kappa shape index (κ1) is 15.6. The topological polar surface area (TPSA) is 12.5 Å². The normalized spacial score (nSPS) is 13.0. The van der Waals surface area contributed by atoms with Crippen molar-refractivity contribution in [1.82, 2.24) is 4.90 Å². The summed E-state index contributed by atoms with van der Waals surface area (Å²) in [5.41, 5.74) is 1.10. The minimum Gasteiger partial charge on any atom is -0.383 e. The molecule has 18 heavy (non-hydrogen) atoms.